The predicted octanol–water partition coefficient (Wildman–Crippen LogP) is 3.93. The van der Waals surface area contributed by atoms with Crippen molar-refractivity contribution in [1.82, 2.24) is 9.55 Å². The van der Waals surface area contributed by atoms with E-state index >= 15 is 0 Å². The van der Waals surface area contributed by atoms with Crippen LogP contribution >= 0.6 is 23.5 Å². The number of hydrogen-bond donors (Lipinski definition) is 0. The molecule has 0 N–H and O–H groups in total. The molecule has 0 saturated heterocycles. The SMILES string of the molecule is CCOC(=O)[C@H](CC)Sc1nc2c(c(=O)n1-c1cc(C)cc(C)c1)SCC2. The van der Waals surface area contributed by atoms with E-state index in [0.29, 0.717) is 18.2 Å². The molecule has 27 heavy (non-hydrogen) atoms. The molecule has 7 heteroatoms. The predicted molar refractivity (Wildman–Crippen MR) is 110 cm³/mol. The van der Waals surface area contributed by atoms with Gasteiger partial charge in [0.2, 0.25) is 0 Å². The number of esters is 1. The van der Waals surface area contributed by atoms with Crippen molar-refractivity contribution in [2.24, 2.45) is 0 Å². The molecule has 0 amide bonds. The van der Waals surface area contributed by atoms with Gasteiger partial charge in [-0.25, -0.2) is 4.98 Å². The summed E-state index contributed by atoms with van der Waals surface area (Å²) in [4.78, 5) is 31.0. The highest BCUT2D eigenvalue weighted by atomic mass is 32.2. The molecule has 0 radical (unpaired) electrons. The summed E-state index contributed by atoms with van der Waals surface area (Å²) in [6, 6.07) is 6.04. The average Bonchev–Trinajstić information content (AvgIpc) is 3.07. The Labute approximate surface area is 167 Å². The zero-order chi connectivity index (χ0) is 19.6. The average molecular weight is 405 g/mol. The van der Waals surface area contributed by atoms with E-state index in [0.717, 1.165) is 39.6 Å². The van der Waals surface area contributed by atoms with Crippen molar-refractivity contribution in [2.75, 3.05) is 12.4 Å². The molecule has 2 heterocycles. The van der Waals surface area contributed by atoms with Crippen LogP contribution in [0, 0.1) is 13.8 Å². The first kappa shape index (κ1) is 20.0. The van der Waals surface area contributed by atoms with Gasteiger partial charge in [0.05, 0.1) is 22.9 Å². The van der Waals surface area contributed by atoms with E-state index in [-0.39, 0.29) is 16.8 Å². The molecule has 1 aliphatic heterocycles. The van der Waals surface area contributed by atoms with Crippen molar-refractivity contribution >= 4 is 29.5 Å². The van der Waals surface area contributed by atoms with E-state index in [9.17, 15) is 9.59 Å². The lowest BCUT2D eigenvalue weighted by molar-refractivity contribution is -0.142. The molecule has 5 nitrogen and oxygen atoms in total. The molecule has 1 aliphatic rings. The van der Waals surface area contributed by atoms with Crippen LogP contribution in [-0.2, 0) is 16.0 Å². The molecule has 2 aromatic rings. The van der Waals surface area contributed by atoms with E-state index < -0.39 is 0 Å². The Balaban J connectivity index is 2.13. The first-order valence-electron chi connectivity index (χ1n) is 9.15. The zero-order valence-corrected chi connectivity index (χ0v) is 17.7. The second kappa shape index (κ2) is 8.52. The summed E-state index contributed by atoms with van der Waals surface area (Å²) in [7, 11) is 0. The Morgan fingerprint density at radius 1 is 1.30 bits per heavy atom. The lowest BCUT2D eigenvalue weighted by Gasteiger charge is -2.18. The summed E-state index contributed by atoms with van der Waals surface area (Å²) in [6.45, 7) is 8.10. The normalized spacial score (nSPS) is 14.1. The van der Waals surface area contributed by atoms with Gasteiger partial charge in [0, 0.05) is 12.2 Å². The van der Waals surface area contributed by atoms with E-state index in [1.165, 1.54) is 11.8 Å². The molecule has 1 aromatic carbocycles. The van der Waals surface area contributed by atoms with E-state index in [2.05, 4.69) is 6.07 Å². The van der Waals surface area contributed by atoms with Gasteiger partial charge in [-0.2, -0.15) is 0 Å². The lowest BCUT2D eigenvalue weighted by atomic mass is 10.1. The molecule has 0 bridgehead atoms. The molecule has 0 spiro atoms. The van der Waals surface area contributed by atoms with Gasteiger partial charge in [0.15, 0.2) is 5.16 Å². The van der Waals surface area contributed by atoms with Crippen LogP contribution in [0.2, 0.25) is 0 Å². The third-order valence-corrected chi connectivity index (χ3v) is 6.70. The van der Waals surface area contributed by atoms with Gasteiger partial charge in [-0.1, -0.05) is 24.8 Å². The number of nitrogens with zero attached hydrogens (tertiary/aromatic N) is 2. The number of ether oxygens (including phenoxy) is 1. The molecule has 1 atom stereocenters. The smallest absolute Gasteiger partial charge is 0.319 e. The fourth-order valence-corrected chi connectivity index (χ4v) is 5.21. The molecule has 0 aliphatic carbocycles. The maximum Gasteiger partial charge on any atom is 0.319 e. The quantitative estimate of drug-likeness (QED) is 0.413. The largest absolute Gasteiger partial charge is 0.465 e. The lowest BCUT2D eigenvalue weighted by Crippen LogP contribution is -2.26. The van der Waals surface area contributed by atoms with Crippen LogP contribution in [0.1, 0.15) is 37.1 Å². The molecule has 3 rings (SSSR count). The molecule has 1 aromatic heterocycles. The van der Waals surface area contributed by atoms with E-state index in [4.69, 9.17) is 9.72 Å². The number of aryl methyl sites for hydroxylation is 3. The van der Waals surface area contributed by atoms with Crippen molar-refractivity contribution in [1.29, 1.82) is 0 Å². The van der Waals surface area contributed by atoms with Crippen LogP contribution in [0.4, 0.5) is 0 Å². The number of benzene rings is 1. The van der Waals surface area contributed by atoms with Crippen molar-refractivity contribution < 1.29 is 9.53 Å². The third-order valence-electron chi connectivity index (χ3n) is 4.30. The third kappa shape index (κ3) is 4.24. The molecule has 0 fully saturated rings. The molecular formula is C20H24N2O3S2. The Hall–Kier alpha value is -1.73. The zero-order valence-electron chi connectivity index (χ0n) is 16.1. The number of thioether (sulfide) groups is 2. The molecular weight excluding hydrogens is 380 g/mol. The standard InChI is InChI=1S/C20H24N2O3S2/c1-5-16(19(24)25-6-2)27-20-21-15-7-8-26-17(15)18(23)22(20)14-10-12(3)9-13(4)11-14/h9-11,16H,5-8H2,1-4H3/t16-/m0/s1. The second-order valence-corrected chi connectivity index (χ2v) is 8.80. The molecule has 144 valence electrons. The number of fused-ring (bicyclic) bond motifs is 1. The topological polar surface area (TPSA) is 61.2 Å². The summed E-state index contributed by atoms with van der Waals surface area (Å²) in [6.07, 6.45) is 1.39. The Morgan fingerprint density at radius 2 is 2.00 bits per heavy atom. The first-order valence-corrected chi connectivity index (χ1v) is 11.0. The van der Waals surface area contributed by atoms with Crippen molar-refractivity contribution in [3.8, 4) is 5.69 Å². The Morgan fingerprint density at radius 3 is 2.63 bits per heavy atom. The maximum atomic E-state index is 13.2. The van der Waals surface area contributed by atoms with E-state index in [1.807, 2.05) is 32.9 Å². The van der Waals surface area contributed by atoms with E-state index in [1.54, 1.807) is 23.3 Å². The van der Waals surface area contributed by atoms with Crippen LogP contribution in [0.15, 0.2) is 33.0 Å². The van der Waals surface area contributed by atoms with Gasteiger partial charge < -0.3 is 4.74 Å². The summed E-state index contributed by atoms with van der Waals surface area (Å²) >= 11 is 2.88. The minimum absolute atomic E-state index is 0.0475. The van der Waals surface area contributed by atoms with Crippen LogP contribution in [0.5, 0.6) is 0 Å². The van der Waals surface area contributed by atoms with Crippen LogP contribution in [-0.4, -0.2) is 33.1 Å². The van der Waals surface area contributed by atoms with Crippen molar-refractivity contribution in [3.63, 3.8) is 0 Å². The van der Waals surface area contributed by atoms with Crippen LogP contribution in [0.3, 0.4) is 0 Å². The minimum Gasteiger partial charge on any atom is -0.465 e. The summed E-state index contributed by atoms with van der Waals surface area (Å²) in [5.74, 6) is 0.606. The van der Waals surface area contributed by atoms with Gasteiger partial charge >= 0.3 is 5.97 Å². The first-order chi connectivity index (χ1) is 12.9. The molecule has 0 unspecified atom stereocenters. The van der Waals surface area contributed by atoms with Crippen LogP contribution < -0.4 is 5.56 Å². The maximum absolute atomic E-state index is 13.2. The summed E-state index contributed by atoms with van der Waals surface area (Å²) in [5, 5.41) is 0.173. The van der Waals surface area contributed by atoms with Gasteiger partial charge in [0.1, 0.15) is 5.25 Å². The second-order valence-electron chi connectivity index (χ2n) is 6.52. The van der Waals surface area contributed by atoms with Gasteiger partial charge in [-0.15, -0.1) is 11.8 Å². The van der Waals surface area contributed by atoms with Crippen molar-refractivity contribution in [2.45, 2.75) is 55.8 Å². The van der Waals surface area contributed by atoms with Gasteiger partial charge in [-0.05, 0) is 50.5 Å². The highest BCUT2D eigenvalue weighted by Crippen LogP contribution is 2.32. The van der Waals surface area contributed by atoms with Crippen molar-refractivity contribution in [3.05, 3.63) is 45.4 Å². The highest BCUT2D eigenvalue weighted by molar-refractivity contribution is 8.00. The molecule has 0 saturated carbocycles. The summed E-state index contributed by atoms with van der Waals surface area (Å²) < 4.78 is 6.85. The summed E-state index contributed by atoms with van der Waals surface area (Å²) in [5.41, 5.74) is 3.75. The Bertz CT molecular complexity index is 904. The van der Waals surface area contributed by atoms with Crippen LogP contribution in [0.25, 0.3) is 5.69 Å². The number of carbonyl (C=O) groups is 1. The number of aromatic nitrogens is 2. The fraction of sp³-hybridized carbons (Fsp3) is 0.450. The van der Waals surface area contributed by atoms with Gasteiger partial charge in [0.25, 0.3) is 5.56 Å². The highest BCUT2D eigenvalue weighted by Gasteiger charge is 2.27. The van der Waals surface area contributed by atoms with Gasteiger partial charge in [-0.3, -0.25) is 14.2 Å². The number of rotatable bonds is 6. The minimum atomic E-state index is -0.388. The monoisotopic (exact) mass is 404 g/mol. The Kier molecular flexibility index (Phi) is 6.32. The number of hydrogen-bond acceptors (Lipinski definition) is 6. The fourth-order valence-electron chi connectivity index (χ4n) is 3.14. The number of carbonyl (C=O) groups excluding carboxylic acids is 1.